The molecule has 0 amide bonds. The molecule has 74 valence electrons. The molecule has 0 aromatic carbocycles. The molecule has 0 aliphatic rings. The molecule has 0 saturated heterocycles. The molecule has 0 radical (unpaired) electrons. The molecule has 1 nitrogen and oxygen atoms in total. The normalized spacial score (nSPS) is 17.5. The minimum absolute atomic E-state index is 0.348. The van der Waals surface area contributed by atoms with Crippen LogP contribution in [0, 0.1) is 0 Å². The summed E-state index contributed by atoms with van der Waals surface area (Å²) in [6.07, 6.45) is 5.83. The summed E-state index contributed by atoms with van der Waals surface area (Å²) in [6.45, 7) is 17.8. The summed E-state index contributed by atoms with van der Waals surface area (Å²) >= 11 is 0. The Morgan fingerprint density at radius 1 is 0.769 bits per heavy atom. The van der Waals surface area contributed by atoms with Crippen LogP contribution in [0.5, 0.6) is 0 Å². The first-order valence-electron chi connectivity index (χ1n) is 4.73. The predicted molar refractivity (Wildman–Crippen MR) is 60.8 cm³/mol. The Balaban J connectivity index is 4.61. The third kappa shape index (κ3) is 3.19. The van der Waals surface area contributed by atoms with E-state index >= 15 is 0 Å². The van der Waals surface area contributed by atoms with Crippen LogP contribution in [0.4, 0.5) is 0 Å². The summed E-state index contributed by atoms with van der Waals surface area (Å²) in [6, 6.07) is 1.04. The second-order valence-electron chi connectivity index (χ2n) is 3.38. The summed E-state index contributed by atoms with van der Waals surface area (Å²) in [5.41, 5.74) is 0. The van der Waals surface area contributed by atoms with Crippen molar-refractivity contribution in [2.75, 3.05) is 0 Å². The Bertz CT molecular complexity index is 150. The van der Waals surface area contributed by atoms with Gasteiger partial charge in [-0.25, -0.2) is 0 Å². The first-order valence-corrected chi connectivity index (χ1v) is 4.73. The summed E-state index contributed by atoms with van der Waals surface area (Å²) < 4.78 is 0. The standard InChI is InChI=1S/C12H21N/c1-7-10(4)13(11(5)8-2)12(6)9-3/h7-12H,1-3H2,4-6H3. The van der Waals surface area contributed by atoms with Gasteiger partial charge in [-0.05, 0) is 20.8 Å². The Morgan fingerprint density at radius 3 is 1.15 bits per heavy atom. The van der Waals surface area contributed by atoms with E-state index in [4.69, 9.17) is 0 Å². The lowest BCUT2D eigenvalue weighted by Gasteiger charge is -2.35. The van der Waals surface area contributed by atoms with E-state index in [9.17, 15) is 0 Å². The van der Waals surface area contributed by atoms with Crippen LogP contribution in [0.2, 0.25) is 0 Å². The highest BCUT2D eigenvalue weighted by Gasteiger charge is 2.19. The quantitative estimate of drug-likeness (QED) is 0.566. The molecular formula is C12H21N. The zero-order valence-electron chi connectivity index (χ0n) is 9.03. The van der Waals surface area contributed by atoms with Crippen LogP contribution in [0.25, 0.3) is 0 Å². The first-order chi connectivity index (χ1) is 6.08. The maximum Gasteiger partial charge on any atom is 0.0258 e. The molecule has 0 bridgehead atoms. The Labute approximate surface area is 82.4 Å². The monoisotopic (exact) mass is 179 g/mol. The van der Waals surface area contributed by atoms with E-state index in [2.05, 4.69) is 45.4 Å². The maximum atomic E-state index is 3.80. The average Bonchev–Trinajstić information content (AvgIpc) is 2.16. The van der Waals surface area contributed by atoms with Gasteiger partial charge in [-0.2, -0.15) is 0 Å². The lowest BCUT2D eigenvalue weighted by atomic mass is 10.1. The van der Waals surface area contributed by atoms with Gasteiger partial charge >= 0.3 is 0 Å². The van der Waals surface area contributed by atoms with Gasteiger partial charge in [0.2, 0.25) is 0 Å². The predicted octanol–water partition coefficient (Wildman–Crippen LogP) is 3.01. The first kappa shape index (κ1) is 12.2. The fraction of sp³-hybridized carbons (Fsp3) is 0.500. The van der Waals surface area contributed by atoms with Crippen LogP contribution in [0.3, 0.4) is 0 Å². The Morgan fingerprint density at radius 2 is 1.00 bits per heavy atom. The number of rotatable bonds is 6. The van der Waals surface area contributed by atoms with Crippen LogP contribution in [-0.2, 0) is 0 Å². The van der Waals surface area contributed by atoms with E-state index in [-0.39, 0.29) is 0 Å². The third-order valence-electron chi connectivity index (χ3n) is 2.43. The minimum atomic E-state index is 0.348. The van der Waals surface area contributed by atoms with Crippen molar-refractivity contribution in [3.63, 3.8) is 0 Å². The van der Waals surface area contributed by atoms with Gasteiger partial charge in [-0.1, -0.05) is 18.2 Å². The molecular weight excluding hydrogens is 158 g/mol. The van der Waals surface area contributed by atoms with E-state index in [1.807, 2.05) is 18.2 Å². The van der Waals surface area contributed by atoms with E-state index in [0.717, 1.165) is 0 Å². The van der Waals surface area contributed by atoms with Crippen molar-refractivity contribution in [3.8, 4) is 0 Å². The second kappa shape index (κ2) is 5.76. The molecule has 0 aliphatic carbocycles. The smallest absolute Gasteiger partial charge is 0.0258 e. The average molecular weight is 179 g/mol. The fourth-order valence-corrected chi connectivity index (χ4v) is 1.48. The largest absolute Gasteiger partial charge is 0.285 e. The highest BCUT2D eigenvalue weighted by molar-refractivity contribution is 4.99. The molecule has 0 N–H and O–H groups in total. The Hall–Kier alpha value is -0.820. The lowest BCUT2D eigenvalue weighted by Crippen LogP contribution is -2.43. The minimum Gasteiger partial charge on any atom is -0.285 e. The third-order valence-corrected chi connectivity index (χ3v) is 2.43. The van der Waals surface area contributed by atoms with Gasteiger partial charge in [0.25, 0.3) is 0 Å². The molecule has 3 unspecified atom stereocenters. The highest BCUT2D eigenvalue weighted by atomic mass is 15.2. The summed E-state index contributed by atoms with van der Waals surface area (Å²) in [5.74, 6) is 0. The second-order valence-corrected chi connectivity index (χ2v) is 3.38. The van der Waals surface area contributed by atoms with Crippen LogP contribution >= 0.6 is 0 Å². The highest BCUT2D eigenvalue weighted by Crippen LogP contribution is 2.13. The molecule has 0 saturated carbocycles. The zero-order chi connectivity index (χ0) is 10.4. The van der Waals surface area contributed by atoms with Gasteiger partial charge < -0.3 is 0 Å². The molecule has 0 rings (SSSR count). The molecule has 0 aliphatic heterocycles. The fourth-order valence-electron chi connectivity index (χ4n) is 1.48. The molecule has 3 atom stereocenters. The van der Waals surface area contributed by atoms with Crippen LogP contribution in [-0.4, -0.2) is 23.0 Å². The van der Waals surface area contributed by atoms with Crippen molar-refractivity contribution in [1.29, 1.82) is 0 Å². The molecule has 0 heterocycles. The summed E-state index contributed by atoms with van der Waals surface area (Å²) in [4.78, 5) is 2.31. The van der Waals surface area contributed by atoms with Crippen molar-refractivity contribution in [2.24, 2.45) is 0 Å². The van der Waals surface area contributed by atoms with E-state index in [1.54, 1.807) is 0 Å². The Kier molecular flexibility index (Phi) is 5.40. The molecule has 0 aromatic heterocycles. The zero-order valence-corrected chi connectivity index (χ0v) is 9.03. The lowest BCUT2D eigenvalue weighted by molar-refractivity contribution is 0.180. The van der Waals surface area contributed by atoms with Gasteiger partial charge in [0.15, 0.2) is 0 Å². The molecule has 13 heavy (non-hydrogen) atoms. The van der Waals surface area contributed by atoms with Gasteiger partial charge in [0.1, 0.15) is 0 Å². The van der Waals surface area contributed by atoms with Gasteiger partial charge in [-0.3, -0.25) is 4.90 Å². The maximum absolute atomic E-state index is 3.80. The van der Waals surface area contributed by atoms with Crippen LogP contribution in [0.1, 0.15) is 20.8 Å². The van der Waals surface area contributed by atoms with Crippen LogP contribution in [0.15, 0.2) is 38.0 Å². The summed E-state index contributed by atoms with van der Waals surface area (Å²) in [5, 5.41) is 0. The van der Waals surface area contributed by atoms with E-state index < -0.39 is 0 Å². The molecule has 0 fully saturated rings. The van der Waals surface area contributed by atoms with E-state index in [1.165, 1.54) is 0 Å². The van der Waals surface area contributed by atoms with Crippen molar-refractivity contribution < 1.29 is 0 Å². The van der Waals surface area contributed by atoms with Crippen molar-refractivity contribution in [2.45, 2.75) is 38.9 Å². The molecule has 0 spiro atoms. The molecule has 0 aromatic rings. The van der Waals surface area contributed by atoms with Crippen LogP contribution < -0.4 is 0 Å². The number of hydrogen-bond donors (Lipinski definition) is 0. The van der Waals surface area contributed by atoms with Crippen molar-refractivity contribution in [3.05, 3.63) is 38.0 Å². The van der Waals surface area contributed by atoms with E-state index in [0.29, 0.717) is 18.1 Å². The molecule has 1 heteroatoms. The number of hydrogen-bond acceptors (Lipinski definition) is 1. The van der Waals surface area contributed by atoms with Crippen molar-refractivity contribution >= 4 is 0 Å². The van der Waals surface area contributed by atoms with Gasteiger partial charge in [0, 0.05) is 18.1 Å². The SMILES string of the molecule is C=CC(C)N(C(C)C=C)C(C)C=C. The number of nitrogens with zero attached hydrogens (tertiary/aromatic N) is 1. The van der Waals surface area contributed by atoms with Gasteiger partial charge in [0.05, 0.1) is 0 Å². The summed E-state index contributed by atoms with van der Waals surface area (Å²) in [7, 11) is 0. The topological polar surface area (TPSA) is 3.24 Å². The van der Waals surface area contributed by atoms with Gasteiger partial charge in [-0.15, -0.1) is 19.7 Å². The van der Waals surface area contributed by atoms with Crippen molar-refractivity contribution in [1.82, 2.24) is 4.90 Å².